The van der Waals surface area contributed by atoms with E-state index < -0.39 is 0 Å². The van der Waals surface area contributed by atoms with Crippen molar-refractivity contribution >= 4 is 29.5 Å². The van der Waals surface area contributed by atoms with E-state index in [0.29, 0.717) is 30.1 Å². The largest absolute Gasteiger partial charge is 0.444 e. The standard InChI is InChI=1S/C15H19ClN4O3/c16-12-9-13(18-14(17-12)19-5-7-22-8-6-19)20-10-3-1-2-4-11(10)23-15(20)21/h9-11H,1-8H2/t10-,11-/m0/s1. The summed E-state index contributed by atoms with van der Waals surface area (Å²) in [6, 6.07) is 1.70. The number of hydrogen-bond donors (Lipinski definition) is 0. The number of fused-ring (bicyclic) bond motifs is 1. The highest BCUT2D eigenvalue weighted by Gasteiger charge is 2.44. The molecule has 2 saturated heterocycles. The van der Waals surface area contributed by atoms with Crippen LogP contribution in [0.5, 0.6) is 0 Å². The molecule has 3 aliphatic rings. The van der Waals surface area contributed by atoms with Crippen molar-refractivity contribution < 1.29 is 14.3 Å². The Morgan fingerprint density at radius 2 is 1.96 bits per heavy atom. The number of rotatable bonds is 2. The van der Waals surface area contributed by atoms with E-state index in [0.717, 1.165) is 38.8 Å². The molecule has 23 heavy (non-hydrogen) atoms. The monoisotopic (exact) mass is 338 g/mol. The molecular weight excluding hydrogens is 320 g/mol. The van der Waals surface area contributed by atoms with E-state index in [1.165, 1.54) is 0 Å². The van der Waals surface area contributed by atoms with Gasteiger partial charge in [0.2, 0.25) is 5.95 Å². The number of aromatic nitrogens is 2. The number of morpholine rings is 1. The molecule has 0 N–H and O–H groups in total. The number of carbonyl (C=O) groups excluding carboxylic acids is 1. The van der Waals surface area contributed by atoms with Crippen molar-refractivity contribution in [3.8, 4) is 0 Å². The molecule has 3 heterocycles. The lowest BCUT2D eigenvalue weighted by molar-refractivity contribution is 0.113. The highest BCUT2D eigenvalue weighted by molar-refractivity contribution is 6.29. The van der Waals surface area contributed by atoms with Gasteiger partial charge in [0.15, 0.2) is 0 Å². The third-order valence-corrected chi connectivity index (χ3v) is 4.85. The molecule has 1 aromatic rings. The Labute approximate surface area is 139 Å². The molecule has 124 valence electrons. The van der Waals surface area contributed by atoms with Crippen LogP contribution in [0.15, 0.2) is 6.07 Å². The summed E-state index contributed by atoms with van der Waals surface area (Å²) in [6.07, 6.45) is 3.70. The maximum Gasteiger partial charge on any atom is 0.416 e. The Balaban J connectivity index is 1.65. The molecular formula is C15H19ClN4O3. The molecule has 0 spiro atoms. The average Bonchev–Trinajstić information content (AvgIpc) is 2.91. The molecule has 2 aliphatic heterocycles. The first-order valence-corrected chi connectivity index (χ1v) is 8.47. The van der Waals surface area contributed by atoms with Gasteiger partial charge in [-0.05, 0) is 19.3 Å². The predicted molar refractivity (Wildman–Crippen MR) is 85.1 cm³/mol. The summed E-state index contributed by atoms with van der Waals surface area (Å²) in [5.41, 5.74) is 0. The number of halogens is 1. The Hall–Kier alpha value is -1.60. The first-order valence-electron chi connectivity index (χ1n) is 8.09. The molecule has 1 amide bonds. The van der Waals surface area contributed by atoms with E-state index in [2.05, 4.69) is 9.97 Å². The number of carbonyl (C=O) groups is 1. The van der Waals surface area contributed by atoms with Gasteiger partial charge in [-0.1, -0.05) is 18.0 Å². The SMILES string of the molecule is O=C1O[C@H]2CCCC[C@@H]2N1c1cc(Cl)nc(N2CCOCC2)n1. The molecule has 0 aromatic carbocycles. The van der Waals surface area contributed by atoms with Crippen molar-refractivity contribution in [1.29, 1.82) is 0 Å². The van der Waals surface area contributed by atoms with E-state index in [1.807, 2.05) is 4.90 Å². The first-order chi connectivity index (χ1) is 11.2. The fourth-order valence-corrected chi connectivity index (χ4v) is 3.69. The zero-order valence-electron chi connectivity index (χ0n) is 12.8. The van der Waals surface area contributed by atoms with Gasteiger partial charge in [0.1, 0.15) is 17.1 Å². The molecule has 4 rings (SSSR count). The van der Waals surface area contributed by atoms with Crippen LogP contribution < -0.4 is 9.80 Å². The van der Waals surface area contributed by atoms with Crippen LogP contribution in [0, 0.1) is 0 Å². The zero-order chi connectivity index (χ0) is 15.8. The van der Waals surface area contributed by atoms with Crippen LogP contribution in [0.3, 0.4) is 0 Å². The number of hydrogen-bond acceptors (Lipinski definition) is 6. The predicted octanol–water partition coefficient (Wildman–Crippen LogP) is 2.23. The zero-order valence-corrected chi connectivity index (χ0v) is 13.5. The summed E-state index contributed by atoms with van der Waals surface area (Å²) >= 11 is 6.18. The molecule has 0 radical (unpaired) electrons. The lowest BCUT2D eigenvalue weighted by Gasteiger charge is -2.29. The minimum Gasteiger partial charge on any atom is -0.444 e. The normalized spacial score (nSPS) is 27.8. The van der Waals surface area contributed by atoms with Crippen molar-refractivity contribution in [3.63, 3.8) is 0 Å². The van der Waals surface area contributed by atoms with Crippen LogP contribution in [-0.2, 0) is 9.47 Å². The number of amides is 1. The van der Waals surface area contributed by atoms with Crippen LogP contribution in [-0.4, -0.2) is 54.5 Å². The number of nitrogens with zero attached hydrogens (tertiary/aromatic N) is 4. The van der Waals surface area contributed by atoms with Gasteiger partial charge in [0.05, 0.1) is 19.3 Å². The van der Waals surface area contributed by atoms with Crippen LogP contribution in [0.1, 0.15) is 25.7 Å². The van der Waals surface area contributed by atoms with E-state index in [1.54, 1.807) is 11.0 Å². The third kappa shape index (κ3) is 2.83. The fraction of sp³-hybridized carbons (Fsp3) is 0.667. The molecule has 3 fully saturated rings. The van der Waals surface area contributed by atoms with E-state index in [4.69, 9.17) is 21.1 Å². The van der Waals surface area contributed by atoms with Crippen LogP contribution in [0.4, 0.5) is 16.6 Å². The van der Waals surface area contributed by atoms with Gasteiger partial charge in [0.25, 0.3) is 0 Å². The maximum atomic E-state index is 12.3. The third-order valence-electron chi connectivity index (χ3n) is 4.66. The second-order valence-electron chi connectivity index (χ2n) is 6.09. The van der Waals surface area contributed by atoms with Gasteiger partial charge >= 0.3 is 6.09 Å². The molecule has 1 saturated carbocycles. The Kier molecular flexibility index (Phi) is 3.98. The van der Waals surface area contributed by atoms with E-state index >= 15 is 0 Å². The van der Waals surface area contributed by atoms with Crippen molar-refractivity contribution in [3.05, 3.63) is 11.2 Å². The summed E-state index contributed by atoms with van der Waals surface area (Å²) in [6.45, 7) is 2.72. The second kappa shape index (κ2) is 6.13. The van der Waals surface area contributed by atoms with Gasteiger partial charge in [-0.15, -0.1) is 0 Å². The lowest BCUT2D eigenvalue weighted by atomic mass is 9.92. The van der Waals surface area contributed by atoms with Crippen LogP contribution in [0.2, 0.25) is 5.15 Å². The average molecular weight is 339 g/mol. The fourth-order valence-electron chi connectivity index (χ4n) is 3.52. The van der Waals surface area contributed by atoms with Crippen molar-refractivity contribution in [1.82, 2.24) is 9.97 Å². The molecule has 1 aromatic heterocycles. The Morgan fingerprint density at radius 1 is 1.17 bits per heavy atom. The molecule has 0 unspecified atom stereocenters. The summed E-state index contributed by atoms with van der Waals surface area (Å²) in [7, 11) is 0. The van der Waals surface area contributed by atoms with Gasteiger partial charge in [-0.3, -0.25) is 4.90 Å². The van der Waals surface area contributed by atoms with Gasteiger partial charge in [-0.25, -0.2) is 9.78 Å². The maximum absolute atomic E-state index is 12.3. The number of ether oxygens (including phenoxy) is 2. The minimum absolute atomic E-state index is 0.0307. The molecule has 0 bridgehead atoms. The Morgan fingerprint density at radius 3 is 2.78 bits per heavy atom. The lowest BCUT2D eigenvalue weighted by Crippen LogP contribution is -2.40. The van der Waals surface area contributed by atoms with E-state index in [9.17, 15) is 4.79 Å². The Bertz CT molecular complexity index is 608. The summed E-state index contributed by atoms with van der Waals surface area (Å²) in [4.78, 5) is 24.9. The molecule has 8 heteroatoms. The van der Waals surface area contributed by atoms with Crippen LogP contribution in [0.25, 0.3) is 0 Å². The van der Waals surface area contributed by atoms with Crippen molar-refractivity contribution in [2.24, 2.45) is 0 Å². The molecule has 2 atom stereocenters. The van der Waals surface area contributed by atoms with E-state index in [-0.39, 0.29) is 18.2 Å². The van der Waals surface area contributed by atoms with Gasteiger partial charge in [-0.2, -0.15) is 4.98 Å². The first kappa shape index (κ1) is 15.0. The minimum atomic E-state index is -0.329. The highest BCUT2D eigenvalue weighted by atomic mass is 35.5. The summed E-state index contributed by atoms with van der Waals surface area (Å²) < 4.78 is 10.9. The van der Waals surface area contributed by atoms with Gasteiger partial charge < -0.3 is 14.4 Å². The second-order valence-corrected chi connectivity index (χ2v) is 6.48. The molecule has 1 aliphatic carbocycles. The summed E-state index contributed by atoms with van der Waals surface area (Å²) in [5.74, 6) is 1.08. The van der Waals surface area contributed by atoms with Crippen molar-refractivity contribution in [2.45, 2.75) is 37.8 Å². The smallest absolute Gasteiger partial charge is 0.416 e. The van der Waals surface area contributed by atoms with Crippen LogP contribution >= 0.6 is 11.6 Å². The molecule has 7 nitrogen and oxygen atoms in total. The topological polar surface area (TPSA) is 67.8 Å². The summed E-state index contributed by atoms with van der Waals surface area (Å²) in [5, 5.41) is 0.337. The van der Waals surface area contributed by atoms with Crippen molar-refractivity contribution in [2.75, 3.05) is 36.1 Å². The van der Waals surface area contributed by atoms with Gasteiger partial charge in [0, 0.05) is 19.2 Å². The number of anilines is 2. The highest BCUT2D eigenvalue weighted by Crippen LogP contribution is 2.35. The quantitative estimate of drug-likeness (QED) is 0.770.